The summed E-state index contributed by atoms with van der Waals surface area (Å²) in [6.45, 7) is 5.33. The fourth-order valence-electron chi connectivity index (χ4n) is 2.14. The normalized spacial score (nSPS) is 12.1. The standard InChI is InChI=1S/C19H21N3O3/c1-5-13-6-8-14(9-7-13)17(23)22-16(10-15-11-20-12-21-15)18(24)25-19(2,3)4/h1,6-9,11-12,16H,10H2,2-4H3,(H,20,21)(H,22,23)/t16-/m1/s1. The maximum Gasteiger partial charge on any atom is 0.329 e. The van der Waals surface area contributed by atoms with Crippen LogP contribution in [-0.2, 0) is 16.0 Å². The summed E-state index contributed by atoms with van der Waals surface area (Å²) in [6.07, 6.45) is 8.68. The fraction of sp³-hybridized carbons (Fsp3) is 0.316. The first-order chi connectivity index (χ1) is 11.8. The van der Waals surface area contributed by atoms with Crippen LogP contribution in [0.5, 0.6) is 0 Å². The highest BCUT2D eigenvalue weighted by molar-refractivity contribution is 5.97. The molecule has 0 unspecified atom stereocenters. The van der Waals surface area contributed by atoms with Crippen molar-refractivity contribution in [1.82, 2.24) is 15.3 Å². The van der Waals surface area contributed by atoms with E-state index in [9.17, 15) is 9.59 Å². The zero-order valence-electron chi connectivity index (χ0n) is 14.5. The minimum Gasteiger partial charge on any atom is -0.458 e. The van der Waals surface area contributed by atoms with Crippen LogP contribution < -0.4 is 5.32 Å². The van der Waals surface area contributed by atoms with E-state index in [-0.39, 0.29) is 12.3 Å². The molecule has 1 heterocycles. The van der Waals surface area contributed by atoms with Gasteiger partial charge in [-0.15, -0.1) is 6.42 Å². The summed E-state index contributed by atoms with van der Waals surface area (Å²) in [5.41, 5.74) is 1.16. The Morgan fingerprint density at radius 1 is 1.32 bits per heavy atom. The second-order valence-corrected chi connectivity index (χ2v) is 6.56. The summed E-state index contributed by atoms with van der Waals surface area (Å²) in [4.78, 5) is 31.8. The Morgan fingerprint density at radius 3 is 2.52 bits per heavy atom. The van der Waals surface area contributed by atoms with Crippen molar-refractivity contribution in [2.45, 2.75) is 38.8 Å². The van der Waals surface area contributed by atoms with Gasteiger partial charge in [0.1, 0.15) is 11.6 Å². The molecule has 6 heteroatoms. The number of ether oxygens (including phenoxy) is 1. The van der Waals surface area contributed by atoms with Crippen LogP contribution in [-0.4, -0.2) is 33.5 Å². The lowest BCUT2D eigenvalue weighted by molar-refractivity contribution is -0.157. The van der Waals surface area contributed by atoms with E-state index in [1.807, 2.05) is 0 Å². The SMILES string of the molecule is C#Cc1ccc(C(=O)N[C@H](Cc2cnc[nH]2)C(=O)OC(C)(C)C)cc1. The summed E-state index contributed by atoms with van der Waals surface area (Å²) in [7, 11) is 0. The average Bonchev–Trinajstić information content (AvgIpc) is 3.05. The van der Waals surface area contributed by atoms with Gasteiger partial charge >= 0.3 is 5.97 Å². The zero-order chi connectivity index (χ0) is 18.4. The summed E-state index contributed by atoms with van der Waals surface area (Å²) in [5.74, 6) is 1.61. The lowest BCUT2D eigenvalue weighted by Gasteiger charge is -2.24. The van der Waals surface area contributed by atoms with Crippen molar-refractivity contribution in [2.24, 2.45) is 0 Å². The number of terminal acetylenes is 1. The Labute approximate surface area is 147 Å². The second-order valence-electron chi connectivity index (χ2n) is 6.56. The first-order valence-corrected chi connectivity index (χ1v) is 7.86. The molecule has 2 N–H and O–H groups in total. The van der Waals surface area contributed by atoms with E-state index in [1.54, 1.807) is 51.2 Å². The maximum absolute atomic E-state index is 12.5. The smallest absolute Gasteiger partial charge is 0.329 e. The number of amides is 1. The summed E-state index contributed by atoms with van der Waals surface area (Å²) in [6, 6.07) is 5.75. The molecule has 1 atom stereocenters. The molecular formula is C19H21N3O3. The number of carbonyl (C=O) groups is 2. The molecule has 1 aromatic heterocycles. The number of aromatic nitrogens is 2. The molecule has 6 nitrogen and oxygen atoms in total. The molecule has 0 aliphatic carbocycles. The molecule has 0 bridgehead atoms. The molecule has 0 saturated heterocycles. The van der Waals surface area contributed by atoms with E-state index in [1.165, 1.54) is 6.33 Å². The summed E-state index contributed by atoms with van der Waals surface area (Å²) in [5, 5.41) is 2.72. The second kappa shape index (κ2) is 7.67. The highest BCUT2D eigenvalue weighted by Crippen LogP contribution is 2.11. The van der Waals surface area contributed by atoms with Gasteiger partial charge in [-0.25, -0.2) is 9.78 Å². The molecule has 1 amide bonds. The van der Waals surface area contributed by atoms with Crippen LogP contribution in [0.25, 0.3) is 0 Å². The number of hydrogen-bond acceptors (Lipinski definition) is 4. The minimum absolute atomic E-state index is 0.253. The monoisotopic (exact) mass is 339 g/mol. The number of carbonyl (C=O) groups excluding carboxylic acids is 2. The molecule has 0 aliphatic rings. The molecular weight excluding hydrogens is 318 g/mol. The van der Waals surface area contributed by atoms with Gasteiger partial charge < -0.3 is 15.0 Å². The van der Waals surface area contributed by atoms with Crippen LogP contribution in [0.2, 0.25) is 0 Å². The number of nitrogens with zero attached hydrogens (tertiary/aromatic N) is 1. The van der Waals surface area contributed by atoms with Crippen molar-refractivity contribution in [2.75, 3.05) is 0 Å². The largest absolute Gasteiger partial charge is 0.458 e. The van der Waals surface area contributed by atoms with Crippen molar-refractivity contribution < 1.29 is 14.3 Å². The van der Waals surface area contributed by atoms with Crippen LogP contribution in [0.4, 0.5) is 0 Å². The topological polar surface area (TPSA) is 84.1 Å². The first-order valence-electron chi connectivity index (χ1n) is 7.86. The van der Waals surface area contributed by atoms with Crippen molar-refractivity contribution in [3.63, 3.8) is 0 Å². The van der Waals surface area contributed by atoms with E-state index in [4.69, 9.17) is 11.2 Å². The van der Waals surface area contributed by atoms with Gasteiger partial charge in [0.15, 0.2) is 0 Å². The van der Waals surface area contributed by atoms with E-state index in [2.05, 4.69) is 21.2 Å². The maximum atomic E-state index is 12.5. The number of hydrogen-bond donors (Lipinski definition) is 2. The van der Waals surface area contributed by atoms with Crippen LogP contribution >= 0.6 is 0 Å². The van der Waals surface area contributed by atoms with E-state index in [0.717, 1.165) is 5.69 Å². The number of imidazole rings is 1. The van der Waals surface area contributed by atoms with Gasteiger partial charge in [-0.2, -0.15) is 0 Å². The Balaban J connectivity index is 2.14. The number of nitrogens with one attached hydrogen (secondary N) is 2. The van der Waals surface area contributed by atoms with Crippen LogP contribution in [0, 0.1) is 12.3 Å². The Bertz CT molecular complexity index is 766. The Morgan fingerprint density at radius 2 is 2.00 bits per heavy atom. The Hall–Kier alpha value is -3.07. The third-order valence-electron chi connectivity index (χ3n) is 3.29. The highest BCUT2D eigenvalue weighted by Gasteiger charge is 2.27. The average molecular weight is 339 g/mol. The molecule has 2 rings (SSSR count). The van der Waals surface area contributed by atoms with E-state index < -0.39 is 17.6 Å². The van der Waals surface area contributed by atoms with Gasteiger partial charge in [0.2, 0.25) is 0 Å². The van der Waals surface area contributed by atoms with Gasteiger partial charge in [-0.3, -0.25) is 4.79 Å². The minimum atomic E-state index is -0.834. The molecule has 0 radical (unpaired) electrons. The number of rotatable bonds is 5. The third kappa shape index (κ3) is 5.50. The van der Waals surface area contributed by atoms with Crippen molar-refractivity contribution >= 4 is 11.9 Å². The lowest BCUT2D eigenvalue weighted by Crippen LogP contribution is -2.45. The van der Waals surface area contributed by atoms with Crippen molar-refractivity contribution in [3.8, 4) is 12.3 Å². The lowest BCUT2D eigenvalue weighted by atomic mass is 10.1. The van der Waals surface area contributed by atoms with Gasteiger partial charge in [-0.05, 0) is 45.0 Å². The molecule has 130 valence electrons. The molecule has 1 aromatic carbocycles. The number of H-pyrrole nitrogens is 1. The molecule has 25 heavy (non-hydrogen) atoms. The Kier molecular flexibility index (Phi) is 5.60. The van der Waals surface area contributed by atoms with Gasteiger partial charge in [0.05, 0.1) is 6.33 Å². The van der Waals surface area contributed by atoms with Crippen molar-refractivity contribution in [1.29, 1.82) is 0 Å². The van der Waals surface area contributed by atoms with Gasteiger partial charge in [-0.1, -0.05) is 5.92 Å². The van der Waals surface area contributed by atoms with E-state index >= 15 is 0 Å². The third-order valence-corrected chi connectivity index (χ3v) is 3.29. The molecule has 0 spiro atoms. The predicted octanol–water partition coefficient (Wildman–Crippen LogP) is 2.07. The molecule has 2 aromatic rings. The number of benzene rings is 1. The summed E-state index contributed by atoms with van der Waals surface area (Å²) >= 11 is 0. The van der Waals surface area contributed by atoms with E-state index in [0.29, 0.717) is 11.1 Å². The zero-order valence-corrected chi connectivity index (χ0v) is 14.5. The number of aromatic amines is 1. The first kappa shape index (κ1) is 18.3. The van der Waals surface area contributed by atoms with Crippen LogP contribution in [0.3, 0.4) is 0 Å². The predicted molar refractivity (Wildman–Crippen MR) is 93.8 cm³/mol. The molecule has 0 saturated carbocycles. The highest BCUT2D eigenvalue weighted by atomic mass is 16.6. The molecule has 0 fully saturated rings. The summed E-state index contributed by atoms with van der Waals surface area (Å²) < 4.78 is 5.41. The fourth-order valence-corrected chi connectivity index (χ4v) is 2.14. The molecule has 0 aliphatic heterocycles. The quantitative estimate of drug-likeness (QED) is 0.645. The van der Waals surface area contributed by atoms with Crippen LogP contribution in [0.15, 0.2) is 36.8 Å². The van der Waals surface area contributed by atoms with Crippen molar-refractivity contribution in [3.05, 3.63) is 53.6 Å². The van der Waals surface area contributed by atoms with Gasteiger partial charge in [0.25, 0.3) is 5.91 Å². The van der Waals surface area contributed by atoms with Gasteiger partial charge in [0, 0.05) is 29.4 Å². The van der Waals surface area contributed by atoms with Crippen LogP contribution in [0.1, 0.15) is 42.4 Å². The number of esters is 1.